The van der Waals surface area contributed by atoms with Crippen molar-refractivity contribution >= 4 is 38.3 Å². The molecule has 1 atom stereocenters. The van der Waals surface area contributed by atoms with Gasteiger partial charge in [-0.2, -0.15) is 0 Å². The number of hydrogen-bond acceptors (Lipinski definition) is 3. The van der Waals surface area contributed by atoms with E-state index in [4.69, 9.17) is 6.57 Å². The van der Waals surface area contributed by atoms with Crippen molar-refractivity contribution in [2.24, 2.45) is 0 Å². The monoisotopic (exact) mass is 321 g/mol. The van der Waals surface area contributed by atoms with Crippen LogP contribution in [0.3, 0.4) is 0 Å². The molecule has 0 fully saturated rings. The maximum atomic E-state index is 12.4. The number of amides is 1. The van der Waals surface area contributed by atoms with Crippen LogP contribution in [-0.2, 0) is 4.79 Å². The van der Waals surface area contributed by atoms with Crippen LogP contribution < -0.4 is 5.32 Å². The third-order valence-corrected chi connectivity index (χ3v) is 4.64. The van der Waals surface area contributed by atoms with Gasteiger partial charge in [-0.3, -0.25) is 4.79 Å². The first-order valence-electron chi connectivity index (χ1n) is 7.22. The molecule has 0 bridgehead atoms. The lowest BCUT2D eigenvalue weighted by atomic mass is 9.99. The molecule has 1 aromatic heterocycles. The van der Waals surface area contributed by atoms with E-state index < -0.39 is 0 Å². The van der Waals surface area contributed by atoms with Gasteiger partial charge in [-0.05, 0) is 31.5 Å². The van der Waals surface area contributed by atoms with Crippen molar-refractivity contribution in [2.45, 2.75) is 19.8 Å². The van der Waals surface area contributed by atoms with Crippen molar-refractivity contribution < 1.29 is 4.79 Å². The van der Waals surface area contributed by atoms with Crippen LogP contribution in [0.15, 0.2) is 42.5 Å². The van der Waals surface area contributed by atoms with Crippen molar-refractivity contribution in [1.82, 2.24) is 4.98 Å². The van der Waals surface area contributed by atoms with Gasteiger partial charge in [-0.15, -0.1) is 0 Å². The number of fused-ring (bicyclic) bond motifs is 1. The Hall–Kier alpha value is -2.71. The zero-order valence-corrected chi connectivity index (χ0v) is 13.6. The van der Waals surface area contributed by atoms with Gasteiger partial charge in [0.15, 0.2) is 10.8 Å². The third kappa shape index (κ3) is 3.22. The minimum Gasteiger partial charge on any atom is -0.301 e. The SMILES string of the molecule is [C-]#[N+]c1ccc2nc(NC(=O)C(C)c3ccc(C)cc3)sc2c1. The molecule has 0 radical (unpaired) electrons. The summed E-state index contributed by atoms with van der Waals surface area (Å²) in [6, 6.07) is 13.3. The van der Waals surface area contributed by atoms with Crippen molar-refractivity contribution in [3.63, 3.8) is 0 Å². The summed E-state index contributed by atoms with van der Waals surface area (Å²) in [4.78, 5) is 20.2. The molecule has 1 N–H and O–H groups in total. The highest BCUT2D eigenvalue weighted by atomic mass is 32.1. The van der Waals surface area contributed by atoms with Crippen LogP contribution in [0.25, 0.3) is 15.1 Å². The van der Waals surface area contributed by atoms with Crippen LogP contribution >= 0.6 is 11.3 Å². The summed E-state index contributed by atoms with van der Waals surface area (Å²) in [5, 5.41) is 3.43. The zero-order valence-electron chi connectivity index (χ0n) is 12.8. The molecule has 114 valence electrons. The number of aryl methyl sites for hydroxylation is 1. The molecule has 0 aliphatic rings. The number of nitrogens with one attached hydrogen (secondary N) is 1. The number of nitrogens with zero attached hydrogens (tertiary/aromatic N) is 2. The van der Waals surface area contributed by atoms with E-state index in [2.05, 4.69) is 15.1 Å². The molecular formula is C18H15N3OS. The van der Waals surface area contributed by atoms with Crippen molar-refractivity contribution in [3.8, 4) is 0 Å². The van der Waals surface area contributed by atoms with Crippen molar-refractivity contribution in [1.29, 1.82) is 0 Å². The fourth-order valence-electron chi connectivity index (χ4n) is 2.26. The van der Waals surface area contributed by atoms with Crippen LogP contribution in [-0.4, -0.2) is 10.9 Å². The van der Waals surface area contributed by atoms with E-state index in [0.29, 0.717) is 10.8 Å². The van der Waals surface area contributed by atoms with E-state index >= 15 is 0 Å². The largest absolute Gasteiger partial charge is 0.301 e. The van der Waals surface area contributed by atoms with Crippen LogP contribution in [0.2, 0.25) is 0 Å². The topological polar surface area (TPSA) is 46.4 Å². The van der Waals surface area contributed by atoms with Gasteiger partial charge in [0.05, 0.1) is 18.0 Å². The molecule has 1 unspecified atom stereocenters. The minimum absolute atomic E-state index is 0.0849. The lowest BCUT2D eigenvalue weighted by Gasteiger charge is -2.11. The highest BCUT2D eigenvalue weighted by Gasteiger charge is 2.17. The van der Waals surface area contributed by atoms with E-state index in [1.807, 2.05) is 38.1 Å². The molecule has 0 saturated heterocycles. The van der Waals surface area contributed by atoms with Gasteiger partial charge in [-0.25, -0.2) is 9.83 Å². The summed E-state index contributed by atoms with van der Waals surface area (Å²) in [5.74, 6) is -0.334. The molecule has 3 aromatic rings. The van der Waals surface area contributed by atoms with E-state index in [1.165, 1.54) is 16.9 Å². The quantitative estimate of drug-likeness (QED) is 0.698. The third-order valence-electron chi connectivity index (χ3n) is 3.70. The second kappa shape index (κ2) is 6.19. The number of rotatable bonds is 3. The molecule has 0 aliphatic heterocycles. The van der Waals surface area contributed by atoms with Gasteiger partial charge in [0, 0.05) is 4.70 Å². The lowest BCUT2D eigenvalue weighted by Crippen LogP contribution is -2.18. The molecule has 2 aromatic carbocycles. The summed E-state index contributed by atoms with van der Waals surface area (Å²) in [7, 11) is 0. The van der Waals surface area contributed by atoms with Crippen LogP contribution in [0.5, 0.6) is 0 Å². The fraction of sp³-hybridized carbons (Fsp3) is 0.167. The van der Waals surface area contributed by atoms with E-state index in [0.717, 1.165) is 15.8 Å². The maximum Gasteiger partial charge on any atom is 0.233 e. The maximum absolute atomic E-state index is 12.4. The number of aromatic nitrogens is 1. The Labute approximate surface area is 138 Å². The minimum atomic E-state index is -0.249. The van der Waals surface area contributed by atoms with E-state index in [9.17, 15) is 4.79 Å². The number of anilines is 1. The molecule has 5 heteroatoms. The first-order valence-corrected chi connectivity index (χ1v) is 8.04. The predicted molar refractivity (Wildman–Crippen MR) is 94.1 cm³/mol. The normalized spacial score (nSPS) is 11.9. The summed E-state index contributed by atoms with van der Waals surface area (Å²) in [6.07, 6.45) is 0. The second-order valence-electron chi connectivity index (χ2n) is 5.40. The summed E-state index contributed by atoms with van der Waals surface area (Å²) in [6.45, 7) is 10.9. The smallest absolute Gasteiger partial charge is 0.233 e. The molecule has 4 nitrogen and oxygen atoms in total. The summed E-state index contributed by atoms with van der Waals surface area (Å²) in [5.41, 5.74) is 3.51. The molecular weight excluding hydrogens is 306 g/mol. The Bertz CT molecular complexity index is 906. The van der Waals surface area contributed by atoms with Gasteiger partial charge in [-0.1, -0.05) is 47.2 Å². The number of thiazole rings is 1. The molecule has 3 rings (SSSR count). The molecule has 0 aliphatic carbocycles. The van der Waals surface area contributed by atoms with Gasteiger partial charge < -0.3 is 5.32 Å². The number of carbonyl (C=O) groups excluding carboxylic acids is 1. The predicted octanol–water partition coefficient (Wildman–Crippen LogP) is 4.90. The van der Waals surface area contributed by atoms with Gasteiger partial charge in [0.25, 0.3) is 0 Å². The second-order valence-corrected chi connectivity index (χ2v) is 6.44. The van der Waals surface area contributed by atoms with E-state index in [1.54, 1.807) is 18.2 Å². The molecule has 1 amide bonds. The van der Waals surface area contributed by atoms with Crippen LogP contribution in [0.4, 0.5) is 10.8 Å². The van der Waals surface area contributed by atoms with Crippen molar-refractivity contribution in [3.05, 3.63) is 65.0 Å². The average molecular weight is 321 g/mol. The number of hydrogen-bond donors (Lipinski definition) is 1. The standard InChI is InChI=1S/C18H15N3OS/c1-11-4-6-13(7-5-11)12(2)17(22)21-18-20-15-9-8-14(19-3)10-16(15)23-18/h4-10,12H,1-2H3,(H,20,21,22). The number of benzene rings is 2. The van der Waals surface area contributed by atoms with Crippen LogP contribution in [0, 0.1) is 13.5 Å². The lowest BCUT2D eigenvalue weighted by molar-refractivity contribution is -0.117. The summed E-state index contributed by atoms with van der Waals surface area (Å²) < 4.78 is 0.900. The van der Waals surface area contributed by atoms with Crippen LogP contribution in [0.1, 0.15) is 24.0 Å². The molecule has 0 saturated carbocycles. The highest BCUT2D eigenvalue weighted by molar-refractivity contribution is 7.22. The Morgan fingerprint density at radius 3 is 2.70 bits per heavy atom. The zero-order chi connectivity index (χ0) is 16.4. The highest BCUT2D eigenvalue weighted by Crippen LogP contribution is 2.30. The summed E-state index contributed by atoms with van der Waals surface area (Å²) >= 11 is 1.38. The fourth-order valence-corrected chi connectivity index (χ4v) is 3.16. The van der Waals surface area contributed by atoms with Crippen molar-refractivity contribution in [2.75, 3.05) is 5.32 Å². The Morgan fingerprint density at radius 2 is 2.00 bits per heavy atom. The number of carbonyl (C=O) groups is 1. The average Bonchev–Trinajstić information content (AvgIpc) is 2.95. The Kier molecular flexibility index (Phi) is 4.09. The van der Waals surface area contributed by atoms with Gasteiger partial charge >= 0.3 is 0 Å². The molecule has 1 heterocycles. The van der Waals surface area contributed by atoms with Gasteiger partial charge in [0.2, 0.25) is 5.91 Å². The molecule has 0 spiro atoms. The molecule has 23 heavy (non-hydrogen) atoms. The Balaban J connectivity index is 1.79. The first-order chi connectivity index (χ1) is 11.1. The van der Waals surface area contributed by atoms with Gasteiger partial charge in [0.1, 0.15) is 0 Å². The van der Waals surface area contributed by atoms with E-state index in [-0.39, 0.29) is 11.8 Å². The Morgan fingerprint density at radius 1 is 1.26 bits per heavy atom. The first kappa shape index (κ1) is 15.2.